The van der Waals surface area contributed by atoms with Crippen molar-refractivity contribution >= 4 is 0 Å². The monoisotopic (exact) mass is 261 g/mol. The zero-order valence-corrected chi connectivity index (χ0v) is 12.1. The van der Waals surface area contributed by atoms with E-state index in [0.29, 0.717) is 5.92 Å². The van der Waals surface area contributed by atoms with Gasteiger partial charge in [-0.05, 0) is 12.5 Å². The van der Waals surface area contributed by atoms with Crippen LogP contribution >= 0.6 is 0 Å². The van der Waals surface area contributed by atoms with Gasteiger partial charge in [-0.3, -0.25) is 0 Å². The molecule has 0 fully saturated rings. The molecule has 1 heterocycles. The second kappa shape index (κ2) is 7.54. The van der Waals surface area contributed by atoms with Crippen LogP contribution < -0.4 is 10.5 Å². The Kier molecular flexibility index (Phi) is 5.71. The van der Waals surface area contributed by atoms with Crippen LogP contribution in [0.5, 0.6) is 5.75 Å². The standard InChI is InChI=1S/C17H27NO/c1-2-3-4-5-6-7-11-16(18)15-13-19-17-12-9-8-10-14(15)17/h8-10,12,15-16H,2-7,11,13,18H2,1H3. The molecule has 2 nitrogen and oxygen atoms in total. The summed E-state index contributed by atoms with van der Waals surface area (Å²) < 4.78 is 5.71. The van der Waals surface area contributed by atoms with Crippen molar-refractivity contribution in [1.82, 2.24) is 0 Å². The molecule has 2 N–H and O–H groups in total. The van der Waals surface area contributed by atoms with Gasteiger partial charge in [0, 0.05) is 17.5 Å². The fourth-order valence-electron chi connectivity index (χ4n) is 2.90. The molecule has 2 rings (SSSR count). The Morgan fingerprint density at radius 3 is 2.74 bits per heavy atom. The Morgan fingerprint density at radius 1 is 1.16 bits per heavy atom. The van der Waals surface area contributed by atoms with Crippen molar-refractivity contribution in [2.75, 3.05) is 6.61 Å². The van der Waals surface area contributed by atoms with Crippen LogP contribution in [0.1, 0.15) is 63.4 Å². The minimum atomic E-state index is 0.245. The van der Waals surface area contributed by atoms with Gasteiger partial charge < -0.3 is 10.5 Å². The molecular weight excluding hydrogens is 234 g/mol. The summed E-state index contributed by atoms with van der Waals surface area (Å²) in [6, 6.07) is 8.56. The summed E-state index contributed by atoms with van der Waals surface area (Å²) in [6.07, 6.45) is 9.12. The third-order valence-electron chi connectivity index (χ3n) is 4.14. The second-order valence-electron chi connectivity index (χ2n) is 5.68. The summed E-state index contributed by atoms with van der Waals surface area (Å²) in [5.74, 6) is 1.43. The highest BCUT2D eigenvalue weighted by atomic mass is 16.5. The van der Waals surface area contributed by atoms with Crippen molar-refractivity contribution in [3.05, 3.63) is 29.8 Å². The van der Waals surface area contributed by atoms with E-state index in [4.69, 9.17) is 10.5 Å². The molecule has 0 radical (unpaired) electrons. The van der Waals surface area contributed by atoms with Gasteiger partial charge in [-0.25, -0.2) is 0 Å². The van der Waals surface area contributed by atoms with Gasteiger partial charge in [-0.15, -0.1) is 0 Å². The van der Waals surface area contributed by atoms with E-state index in [0.717, 1.165) is 18.8 Å². The van der Waals surface area contributed by atoms with Gasteiger partial charge in [0.25, 0.3) is 0 Å². The Balaban J connectivity index is 1.71. The van der Waals surface area contributed by atoms with E-state index < -0.39 is 0 Å². The van der Waals surface area contributed by atoms with Crippen molar-refractivity contribution in [2.45, 2.75) is 63.8 Å². The van der Waals surface area contributed by atoms with Crippen LogP contribution in [0.4, 0.5) is 0 Å². The van der Waals surface area contributed by atoms with Crippen molar-refractivity contribution in [3.63, 3.8) is 0 Å². The van der Waals surface area contributed by atoms with Gasteiger partial charge in [-0.1, -0.05) is 63.6 Å². The van der Waals surface area contributed by atoms with Crippen LogP contribution in [-0.2, 0) is 0 Å². The minimum Gasteiger partial charge on any atom is -0.493 e. The normalized spacial score (nSPS) is 18.9. The van der Waals surface area contributed by atoms with Crippen molar-refractivity contribution in [3.8, 4) is 5.75 Å². The first kappa shape index (κ1) is 14.4. The van der Waals surface area contributed by atoms with Gasteiger partial charge in [0.1, 0.15) is 5.75 Å². The first-order valence-electron chi connectivity index (χ1n) is 7.80. The van der Waals surface area contributed by atoms with Crippen LogP contribution in [0.2, 0.25) is 0 Å². The highest BCUT2D eigenvalue weighted by molar-refractivity contribution is 5.40. The predicted octanol–water partition coefficient (Wildman–Crippen LogP) is 4.24. The molecule has 0 aliphatic carbocycles. The average molecular weight is 261 g/mol. The van der Waals surface area contributed by atoms with E-state index in [1.165, 1.54) is 44.1 Å². The van der Waals surface area contributed by atoms with E-state index in [1.54, 1.807) is 0 Å². The first-order chi connectivity index (χ1) is 9.33. The van der Waals surface area contributed by atoms with Crippen LogP contribution in [0, 0.1) is 0 Å². The lowest BCUT2D eigenvalue weighted by atomic mass is 9.90. The highest BCUT2D eigenvalue weighted by Gasteiger charge is 2.28. The van der Waals surface area contributed by atoms with Gasteiger partial charge in [-0.2, -0.15) is 0 Å². The number of rotatable bonds is 8. The maximum atomic E-state index is 6.35. The van der Waals surface area contributed by atoms with E-state index in [-0.39, 0.29) is 6.04 Å². The lowest BCUT2D eigenvalue weighted by Crippen LogP contribution is -2.29. The van der Waals surface area contributed by atoms with Gasteiger partial charge in [0.2, 0.25) is 0 Å². The van der Waals surface area contributed by atoms with Gasteiger partial charge >= 0.3 is 0 Å². The minimum absolute atomic E-state index is 0.245. The third-order valence-corrected chi connectivity index (χ3v) is 4.14. The number of hydrogen-bond acceptors (Lipinski definition) is 2. The number of fused-ring (bicyclic) bond motifs is 1. The number of benzene rings is 1. The largest absolute Gasteiger partial charge is 0.493 e. The summed E-state index contributed by atoms with van der Waals surface area (Å²) in [5, 5.41) is 0. The molecule has 0 amide bonds. The molecule has 106 valence electrons. The number of ether oxygens (including phenoxy) is 1. The van der Waals surface area contributed by atoms with Crippen LogP contribution in [0.15, 0.2) is 24.3 Å². The van der Waals surface area contributed by atoms with Crippen LogP contribution in [0.25, 0.3) is 0 Å². The number of unbranched alkanes of at least 4 members (excludes halogenated alkanes) is 5. The number of para-hydroxylation sites is 1. The summed E-state index contributed by atoms with van der Waals surface area (Å²) in [4.78, 5) is 0. The lowest BCUT2D eigenvalue weighted by molar-refractivity contribution is 0.307. The predicted molar refractivity (Wildman–Crippen MR) is 80.6 cm³/mol. The highest BCUT2D eigenvalue weighted by Crippen LogP contribution is 2.36. The van der Waals surface area contributed by atoms with E-state index in [9.17, 15) is 0 Å². The summed E-state index contributed by atoms with van der Waals surface area (Å²) in [5.41, 5.74) is 7.66. The molecule has 2 unspecified atom stereocenters. The van der Waals surface area contributed by atoms with E-state index in [2.05, 4.69) is 19.1 Å². The maximum Gasteiger partial charge on any atom is 0.122 e. The number of hydrogen-bond donors (Lipinski definition) is 1. The molecule has 1 aromatic carbocycles. The summed E-state index contributed by atoms with van der Waals surface area (Å²) in [6.45, 7) is 3.02. The Labute approximate surface area is 117 Å². The SMILES string of the molecule is CCCCCCCCC(N)C1COc2ccccc21. The molecule has 2 atom stereocenters. The van der Waals surface area contributed by atoms with Crippen molar-refractivity contribution < 1.29 is 4.74 Å². The Bertz CT molecular complexity index is 377. The second-order valence-corrected chi connectivity index (χ2v) is 5.68. The smallest absolute Gasteiger partial charge is 0.122 e. The van der Waals surface area contributed by atoms with Crippen molar-refractivity contribution in [2.24, 2.45) is 5.73 Å². The molecule has 1 aromatic rings. The lowest BCUT2D eigenvalue weighted by Gasteiger charge is -2.18. The fraction of sp³-hybridized carbons (Fsp3) is 0.647. The molecule has 0 saturated heterocycles. The van der Waals surface area contributed by atoms with Crippen LogP contribution in [-0.4, -0.2) is 12.6 Å². The summed E-state index contributed by atoms with van der Waals surface area (Å²) in [7, 11) is 0. The molecule has 1 aliphatic rings. The molecule has 0 saturated carbocycles. The van der Waals surface area contributed by atoms with Gasteiger partial charge in [0.05, 0.1) is 6.61 Å². The summed E-state index contributed by atoms with van der Waals surface area (Å²) >= 11 is 0. The van der Waals surface area contributed by atoms with Crippen LogP contribution in [0.3, 0.4) is 0 Å². The third kappa shape index (κ3) is 3.97. The first-order valence-corrected chi connectivity index (χ1v) is 7.80. The van der Waals surface area contributed by atoms with E-state index >= 15 is 0 Å². The average Bonchev–Trinajstić information content (AvgIpc) is 2.86. The quantitative estimate of drug-likeness (QED) is 0.710. The van der Waals surface area contributed by atoms with Gasteiger partial charge in [0.15, 0.2) is 0 Å². The maximum absolute atomic E-state index is 6.35. The van der Waals surface area contributed by atoms with Crippen molar-refractivity contribution in [1.29, 1.82) is 0 Å². The number of nitrogens with two attached hydrogens (primary N) is 1. The molecule has 0 bridgehead atoms. The Hall–Kier alpha value is -1.02. The molecule has 0 aromatic heterocycles. The Morgan fingerprint density at radius 2 is 1.89 bits per heavy atom. The topological polar surface area (TPSA) is 35.2 Å². The molecule has 0 spiro atoms. The molecule has 2 heteroatoms. The fourth-order valence-corrected chi connectivity index (χ4v) is 2.90. The molecule has 1 aliphatic heterocycles. The molecular formula is C17H27NO. The zero-order chi connectivity index (χ0) is 13.5. The molecule has 19 heavy (non-hydrogen) atoms. The van der Waals surface area contributed by atoms with E-state index in [1.807, 2.05) is 12.1 Å². The zero-order valence-electron chi connectivity index (χ0n) is 12.1.